The van der Waals surface area contributed by atoms with Gasteiger partial charge in [0, 0.05) is 45.1 Å². The first-order valence-electron chi connectivity index (χ1n) is 7.05. The number of amides is 2. The predicted octanol–water partition coefficient (Wildman–Crippen LogP) is -1.79. The highest BCUT2D eigenvalue weighted by Crippen LogP contribution is 2.10. The Morgan fingerprint density at radius 3 is 2.52 bits per heavy atom. The zero-order chi connectivity index (χ0) is 14.7. The van der Waals surface area contributed by atoms with Gasteiger partial charge < -0.3 is 15.1 Å². The first-order valence-corrected chi connectivity index (χ1v) is 7.05. The molecule has 2 saturated heterocycles. The van der Waals surface area contributed by atoms with Crippen molar-refractivity contribution in [1.29, 1.82) is 0 Å². The molecule has 2 amide bonds. The van der Waals surface area contributed by atoms with Crippen LogP contribution >= 0.6 is 0 Å². The molecule has 1 aromatic heterocycles. The van der Waals surface area contributed by atoms with Crippen LogP contribution in [0.3, 0.4) is 0 Å². The number of carbonyl (C=O) groups excluding carboxylic acids is 2. The number of aromatic nitrogens is 2. The number of hydrogen-bond donors (Lipinski definition) is 2. The number of rotatable bonds is 2. The summed E-state index contributed by atoms with van der Waals surface area (Å²) in [5, 5.41) is 5.67. The monoisotopic (exact) mass is 290 g/mol. The van der Waals surface area contributed by atoms with Gasteiger partial charge in [-0.05, 0) is 6.07 Å². The molecule has 2 fully saturated rings. The molecule has 2 aliphatic rings. The topological polar surface area (TPSA) is 90.5 Å². The van der Waals surface area contributed by atoms with Gasteiger partial charge in [-0.3, -0.25) is 14.9 Å². The molecule has 0 radical (unpaired) electrons. The second-order valence-electron chi connectivity index (χ2n) is 5.10. The Labute approximate surface area is 122 Å². The molecular weight excluding hydrogens is 272 g/mol. The van der Waals surface area contributed by atoms with E-state index in [1.807, 2.05) is 4.90 Å². The molecule has 2 aliphatic heterocycles. The van der Waals surface area contributed by atoms with Crippen molar-refractivity contribution < 1.29 is 9.59 Å². The van der Waals surface area contributed by atoms with E-state index in [4.69, 9.17) is 0 Å². The summed E-state index contributed by atoms with van der Waals surface area (Å²) in [5.41, 5.74) is 0. The third kappa shape index (κ3) is 3.10. The second-order valence-corrected chi connectivity index (χ2v) is 5.10. The summed E-state index contributed by atoms with van der Waals surface area (Å²) in [4.78, 5) is 35.8. The Balaban J connectivity index is 1.53. The third-order valence-electron chi connectivity index (χ3n) is 3.74. The van der Waals surface area contributed by atoms with Crippen LogP contribution in [0.5, 0.6) is 0 Å². The van der Waals surface area contributed by atoms with Crippen molar-refractivity contribution in [2.45, 2.75) is 6.04 Å². The summed E-state index contributed by atoms with van der Waals surface area (Å²) in [5.74, 6) is 0.682. The lowest BCUT2D eigenvalue weighted by Gasteiger charge is -2.37. The van der Waals surface area contributed by atoms with Crippen LogP contribution in [0.1, 0.15) is 0 Å². The van der Waals surface area contributed by atoms with Crippen LogP contribution in [-0.2, 0) is 9.59 Å². The summed E-state index contributed by atoms with van der Waals surface area (Å²) in [6.07, 6.45) is 3.43. The molecule has 1 aromatic rings. The Hall–Kier alpha value is -2.22. The lowest BCUT2D eigenvalue weighted by Crippen LogP contribution is -2.61. The van der Waals surface area contributed by atoms with Crippen LogP contribution in [-0.4, -0.2) is 72.0 Å². The number of hydrogen-bond acceptors (Lipinski definition) is 6. The minimum atomic E-state index is -0.317. The van der Waals surface area contributed by atoms with Crippen LogP contribution < -0.4 is 15.5 Å². The molecule has 112 valence electrons. The Kier molecular flexibility index (Phi) is 3.96. The van der Waals surface area contributed by atoms with Crippen molar-refractivity contribution in [3.63, 3.8) is 0 Å². The summed E-state index contributed by atoms with van der Waals surface area (Å²) in [6, 6.07) is 1.47. The van der Waals surface area contributed by atoms with Gasteiger partial charge in [-0.25, -0.2) is 9.97 Å². The maximum atomic E-state index is 12.4. The average molecular weight is 290 g/mol. The second kappa shape index (κ2) is 6.04. The number of nitrogens with one attached hydrogen (secondary N) is 2. The van der Waals surface area contributed by atoms with Gasteiger partial charge >= 0.3 is 0 Å². The van der Waals surface area contributed by atoms with E-state index in [1.165, 1.54) is 0 Å². The highest BCUT2D eigenvalue weighted by Gasteiger charge is 2.30. The van der Waals surface area contributed by atoms with Gasteiger partial charge in [-0.15, -0.1) is 0 Å². The first-order chi connectivity index (χ1) is 10.2. The van der Waals surface area contributed by atoms with Gasteiger partial charge in [-0.2, -0.15) is 0 Å². The normalized spacial score (nSPS) is 22.9. The molecule has 21 heavy (non-hydrogen) atoms. The smallest absolute Gasteiger partial charge is 0.241 e. The van der Waals surface area contributed by atoms with E-state index < -0.39 is 0 Å². The molecule has 0 aliphatic carbocycles. The molecular formula is C13H18N6O2. The van der Waals surface area contributed by atoms with Crippen molar-refractivity contribution in [3.8, 4) is 0 Å². The summed E-state index contributed by atoms with van der Waals surface area (Å²) in [7, 11) is 0. The van der Waals surface area contributed by atoms with E-state index in [0.29, 0.717) is 25.6 Å². The predicted molar refractivity (Wildman–Crippen MR) is 75.6 cm³/mol. The molecule has 3 heterocycles. The minimum Gasteiger partial charge on any atom is -0.353 e. The lowest BCUT2D eigenvalue weighted by molar-refractivity contribution is -0.135. The molecule has 1 atom stereocenters. The van der Waals surface area contributed by atoms with Crippen LogP contribution in [0.4, 0.5) is 5.95 Å². The average Bonchev–Trinajstić information content (AvgIpc) is 2.56. The fourth-order valence-corrected chi connectivity index (χ4v) is 2.54. The number of nitrogens with zero attached hydrogens (tertiary/aromatic N) is 4. The van der Waals surface area contributed by atoms with Crippen LogP contribution in [0.2, 0.25) is 0 Å². The first kappa shape index (κ1) is 13.7. The van der Waals surface area contributed by atoms with E-state index in [0.717, 1.165) is 13.1 Å². The fraction of sp³-hybridized carbons (Fsp3) is 0.538. The van der Waals surface area contributed by atoms with Gasteiger partial charge in [0.05, 0.1) is 6.54 Å². The maximum Gasteiger partial charge on any atom is 0.241 e. The summed E-state index contributed by atoms with van der Waals surface area (Å²) < 4.78 is 0. The number of piperazine rings is 2. The Morgan fingerprint density at radius 2 is 1.90 bits per heavy atom. The van der Waals surface area contributed by atoms with Gasteiger partial charge in [0.2, 0.25) is 17.8 Å². The molecule has 8 heteroatoms. The van der Waals surface area contributed by atoms with Crippen molar-refractivity contribution in [1.82, 2.24) is 25.5 Å². The van der Waals surface area contributed by atoms with Crippen molar-refractivity contribution in [2.24, 2.45) is 0 Å². The van der Waals surface area contributed by atoms with Crippen LogP contribution in [0, 0.1) is 0 Å². The van der Waals surface area contributed by atoms with Gasteiger partial charge in [0.15, 0.2) is 0 Å². The quantitative estimate of drug-likeness (QED) is 0.669. The van der Waals surface area contributed by atoms with Crippen molar-refractivity contribution in [3.05, 3.63) is 18.5 Å². The Morgan fingerprint density at radius 1 is 1.19 bits per heavy atom. The van der Waals surface area contributed by atoms with Crippen LogP contribution in [0.25, 0.3) is 0 Å². The van der Waals surface area contributed by atoms with E-state index >= 15 is 0 Å². The maximum absolute atomic E-state index is 12.4. The highest BCUT2D eigenvalue weighted by molar-refractivity contribution is 5.87. The molecule has 1 unspecified atom stereocenters. The van der Waals surface area contributed by atoms with E-state index in [-0.39, 0.29) is 24.4 Å². The molecule has 0 saturated carbocycles. The van der Waals surface area contributed by atoms with E-state index in [1.54, 1.807) is 18.5 Å². The largest absolute Gasteiger partial charge is 0.353 e. The van der Waals surface area contributed by atoms with Gasteiger partial charge in [0.1, 0.15) is 6.04 Å². The van der Waals surface area contributed by atoms with Gasteiger partial charge in [0.25, 0.3) is 0 Å². The highest BCUT2D eigenvalue weighted by atomic mass is 16.2. The Bertz CT molecular complexity index is 505. The molecule has 2 N–H and O–H groups in total. The van der Waals surface area contributed by atoms with Crippen molar-refractivity contribution >= 4 is 17.8 Å². The summed E-state index contributed by atoms with van der Waals surface area (Å²) in [6.45, 7) is 3.28. The van der Waals surface area contributed by atoms with E-state index in [2.05, 4.69) is 25.5 Å². The minimum absolute atomic E-state index is 0.0450. The third-order valence-corrected chi connectivity index (χ3v) is 3.74. The molecule has 3 rings (SSSR count). The molecule has 0 spiro atoms. The van der Waals surface area contributed by atoms with Gasteiger partial charge in [-0.1, -0.05) is 0 Å². The number of carbonyl (C=O) groups is 2. The SMILES string of the molecule is O=C1CNC(C(=O)N2CCN(c3ncccn3)CC2)CN1. The lowest BCUT2D eigenvalue weighted by atomic mass is 10.2. The fourth-order valence-electron chi connectivity index (χ4n) is 2.54. The zero-order valence-corrected chi connectivity index (χ0v) is 11.7. The van der Waals surface area contributed by atoms with Crippen LogP contribution in [0.15, 0.2) is 18.5 Å². The molecule has 0 aromatic carbocycles. The number of anilines is 1. The zero-order valence-electron chi connectivity index (χ0n) is 11.7. The molecule has 0 bridgehead atoms. The summed E-state index contributed by atoms with van der Waals surface area (Å²) >= 11 is 0. The van der Waals surface area contributed by atoms with E-state index in [9.17, 15) is 9.59 Å². The molecule has 8 nitrogen and oxygen atoms in total. The standard InChI is InChI=1S/C13H18N6O2/c20-11-9-16-10(8-17-11)12(21)18-4-6-19(7-5-18)13-14-2-1-3-15-13/h1-3,10,16H,4-9H2,(H,17,20). The van der Waals surface area contributed by atoms with Crippen molar-refractivity contribution in [2.75, 3.05) is 44.2 Å².